The normalized spacial score (nSPS) is 11.9. The molecule has 0 aliphatic rings. The van der Waals surface area contributed by atoms with Gasteiger partial charge in [-0.3, -0.25) is 9.13 Å². The van der Waals surface area contributed by atoms with Crippen molar-refractivity contribution in [1.29, 1.82) is 0 Å². The van der Waals surface area contributed by atoms with Crippen molar-refractivity contribution in [3.63, 3.8) is 0 Å². The molecule has 0 spiro atoms. The summed E-state index contributed by atoms with van der Waals surface area (Å²) in [5, 5.41) is 15.4. The Hall–Kier alpha value is -8.48. The third kappa shape index (κ3) is 5.58. The number of benzene rings is 8. The summed E-state index contributed by atoms with van der Waals surface area (Å²) >= 11 is 0. The zero-order valence-electron chi connectivity index (χ0n) is 33.6. The average molecular weight is 796 g/mol. The first-order chi connectivity index (χ1) is 30.7. The van der Waals surface area contributed by atoms with Crippen molar-refractivity contribution in [1.82, 2.24) is 23.9 Å². The molecule has 0 saturated carbocycles. The van der Waals surface area contributed by atoms with Crippen molar-refractivity contribution >= 4 is 60.7 Å². The average Bonchev–Trinajstić information content (AvgIpc) is 4.10. The predicted molar refractivity (Wildman–Crippen MR) is 255 cm³/mol. The molecule has 4 aromatic heterocycles. The number of para-hydroxylation sites is 3. The summed E-state index contributed by atoms with van der Waals surface area (Å²) in [6.07, 6.45) is 5.97. The van der Waals surface area contributed by atoms with E-state index in [1.807, 2.05) is 60.7 Å². The molecule has 8 aromatic carbocycles. The predicted octanol–water partition coefficient (Wildman–Crippen LogP) is 14.4. The molecule has 62 heavy (non-hydrogen) atoms. The van der Waals surface area contributed by atoms with Gasteiger partial charge in [0.15, 0.2) is 11.6 Å². The molecule has 4 heterocycles. The molecule has 0 radical (unpaired) electrons. The van der Waals surface area contributed by atoms with Crippen LogP contribution in [0.5, 0.6) is 0 Å². The van der Waals surface area contributed by atoms with Gasteiger partial charge in [-0.2, -0.15) is 0 Å². The molecular weight excluding hydrogens is 759 g/mol. The Balaban J connectivity index is 1.08. The fourth-order valence-corrected chi connectivity index (χ4v) is 9.21. The second kappa shape index (κ2) is 14.4. The third-order valence-electron chi connectivity index (χ3n) is 11.9. The van der Waals surface area contributed by atoms with E-state index in [4.69, 9.17) is 14.6 Å². The van der Waals surface area contributed by atoms with Crippen molar-refractivity contribution in [2.45, 2.75) is 0 Å². The van der Waals surface area contributed by atoms with E-state index in [-0.39, 0.29) is 0 Å². The standard InChI is InChI=1S/C56H37N5O/c1-2-3-26-46-43-27-10-14-31-50(43)60(56(46)61-54(37-18-6-4-7-19-37)57-58-55(61)38-20-8-5-9-21-38)42-25-17-23-40(34-42)39-22-16-24-41(33-39)59-49-30-13-11-28-44(49)47-36-53-48(35-51(47)59)45-29-12-15-32-52(45)62-53/h2-36H,1H2/b26-3-. The Morgan fingerprint density at radius 3 is 1.61 bits per heavy atom. The molecule has 6 heteroatoms. The first-order valence-corrected chi connectivity index (χ1v) is 20.8. The molecule has 0 unspecified atom stereocenters. The van der Waals surface area contributed by atoms with Gasteiger partial charge < -0.3 is 8.98 Å². The van der Waals surface area contributed by atoms with Crippen molar-refractivity contribution in [3.8, 4) is 51.1 Å². The lowest BCUT2D eigenvalue weighted by Gasteiger charge is -2.18. The van der Waals surface area contributed by atoms with Gasteiger partial charge in [-0.25, -0.2) is 0 Å². The van der Waals surface area contributed by atoms with Gasteiger partial charge in [0, 0.05) is 55.0 Å². The van der Waals surface area contributed by atoms with Gasteiger partial charge in [0.2, 0.25) is 0 Å². The summed E-state index contributed by atoms with van der Waals surface area (Å²) < 4.78 is 13.3. The Labute approximate surface area is 357 Å². The number of fused-ring (bicyclic) bond motifs is 7. The van der Waals surface area contributed by atoms with Crippen LogP contribution in [0.15, 0.2) is 217 Å². The van der Waals surface area contributed by atoms with Crippen LogP contribution < -0.4 is 0 Å². The number of furan rings is 1. The topological polar surface area (TPSA) is 53.7 Å². The van der Waals surface area contributed by atoms with E-state index in [0.29, 0.717) is 0 Å². The van der Waals surface area contributed by atoms with E-state index in [1.54, 1.807) is 0 Å². The van der Waals surface area contributed by atoms with E-state index in [2.05, 4.69) is 172 Å². The minimum absolute atomic E-state index is 0.748. The summed E-state index contributed by atoms with van der Waals surface area (Å²) in [7, 11) is 0. The molecule has 6 nitrogen and oxygen atoms in total. The fourth-order valence-electron chi connectivity index (χ4n) is 9.21. The van der Waals surface area contributed by atoms with Crippen LogP contribution in [0, 0.1) is 0 Å². The van der Waals surface area contributed by atoms with E-state index >= 15 is 0 Å². The largest absolute Gasteiger partial charge is 0.456 e. The fraction of sp³-hybridized carbons (Fsp3) is 0. The van der Waals surface area contributed by atoms with Gasteiger partial charge >= 0.3 is 0 Å². The maximum Gasteiger partial charge on any atom is 0.170 e. The maximum atomic E-state index is 6.36. The lowest BCUT2D eigenvalue weighted by atomic mass is 10.0. The monoisotopic (exact) mass is 795 g/mol. The van der Waals surface area contributed by atoms with Crippen LogP contribution in [0.1, 0.15) is 5.56 Å². The molecule has 0 atom stereocenters. The zero-order valence-corrected chi connectivity index (χ0v) is 33.6. The van der Waals surface area contributed by atoms with Crippen LogP contribution in [-0.4, -0.2) is 23.9 Å². The minimum atomic E-state index is 0.748. The maximum absolute atomic E-state index is 6.36. The highest BCUT2D eigenvalue weighted by molar-refractivity contribution is 6.17. The van der Waals surface area contributed by atoms with Crippen molar-refractivity contribution in [2.24, 2.45) is 0 Å². The van der Waals surface area contributed by atoms with Gasteiger partial charge in [0.1, 0.15) is 17.0 Å². The summed E-state index contributed by atoms with van der Waals surface area (Å²) in [5.74, 6) is 2.43. The van der Waals surface area contributed by atoms with E-state index in [0.717, 1.165) is 106 Å². The molecule has 0 bridgehead atoms. The molecule has 0 aliphatic heterocycles. The summed E-state index contributed by atoms with van der Waals surface area (Å²) in [5.41, 5.74) is 12.4. The van der Waals surface area contributed by atoms with Crippen LogP contribution in [0.4, 0.5) is 0 Å². The molecule has 0 N–H and O–H groups in total. The second-order valence-electron chi connectivity index (χ2n) is 15.5. The smallest absolute Gasteiger partial charge is 0.170 e. The third-order valence-corrected chi connectivity index (χ3v) is 11.9. The van der Waals surface area contributed by atoms with Crippen molar-refractivity contribution in [2.75, 3.05) is 0 Å². The van der Waals surface area contributed by atoms with Crippen LogP contribution in [-0.2, 0) is 0 Å². The summed E-state index contributed by atoms with van der Waals surface area (Å²) in [6, 6.07) is 68.3. The van der Waals surface area contributed by atoms with Gasteiger partial charge in [-0.1, -0.05) is 164 Å². The second-order valence-corrected chi connectivity index (χ2v) is 15.5. The highest BCUT2D eigenvalue weighted by atomic mass is 16.3. The zero-order chi connectivity index (χ0) is 41.1. The number of allylic oxidation sites excluding steroid dienone is 2. The van der Waals surface area contributed by atoms with Crippen LogP contribution >= 0.6 is 0 Å². The molecular formula is C56H37N5O. The highest BCUT2D eigenvalue weighted by Gasteiger charge is 2.26. The summed E-state index contributed by atoms with van der Waals surface area (Å²) in [6.45, 7) is 4.04. The Morgan fingerprint density at radius 2 is 0.952 bits per heavy atom. The first-order valence-electron chi connectivity index (χ1n) is 20.8. The van der Waals surface area contributed by atoms with Gasteiger partial charge in [-0.15, -0.1) is 10.2 Å². The lowest BCUT2D eigenvalue weighted by molar-refractivity contribution is 0.669. The molecule has 0 amide bonds. The molecule has 0 fully saturated rings. The SMILES string of the molecule is C=C/C=C\c1c(-n2c(-c3ccccc3)nnc2-c2ccccc2)n(-c2cccc(-c3cccc(-n4c5ccccc5c5cc6oc7ccccc7c6cc54)c3)c2)c2ccccc12. The lowest BCUT2D eigenvalue weighted by Crippen LogP contribution is -2.09. The highest BCUT2D eigenvalue weighted by Crippen LogP contribution is 2.41. The van der Waals surface area contributed by atoms with Gasteiger partial charge in [-0.05, 0) is 65.7 Å². The van der Waals surface area contributed by atoms with Gasteiger partial charge in [0.25, 0.3) is 0 Å². The Bertz CT molecular complexity index is 3660. The van der Waals surface area contributed by atoms with Crippen LogP contribution in [0.2, 0.25) is 0 Å². The van der Waals surface area contributed by atoms with E-state index in [9.17, 15) is 0 Å². The quantitative estimate of drug-likeness (QED) is 0.144. The Morgan fingerprint density at radius 1 is 0.403 bits per heavy atom. The van der Waals surface area contributed by atoms with Gasteiger partial charge in [0.05, 0.1) is 16.6 Å². The summed E-state index contributed by atoms with van der Waals surface area (Å²) in [4.78, 5) is 0. The van der Waals surface area contributed by atoms with Crippen molar-refractivity contribution in [3.05, 3.63) is 218 Å². The molecule has 292 valence electrons. The number of aromatic nitrogens is 5. The first kappa shape index (κ1) is 35.5. The van der Waals surface area contributed by atoms with E-state index in [1.165, 1.54) is 5.39 Å². The Kier molecular flexibility index (Phi) is 8.22. The molecule has 12 aromatic rings. The molecule has 12 rings (SSSR count). The van der Waals surface area contributed by atoms with E-state index < -0.39 is 0 Å². The number of hydrogen-bond donors (Lipinski definition) is 0. The number of nitrogens with zero attached hydrogens (tertiary/aromatic N) is 5. The molecule has 0 saturated heterocycles. The van der Waals surface area contributed by atoms with Crippen molar-refractivity contribution < 1.29 is 4.42 Å². The number of hydrogen-bond acceptors (Lipinski definition) is 3. The van der Waals surface area contributed by atoms with Crippen LogP contribution in [0.25, 0.3) is 112 Å². The number of rotatable bonds is 8. The minimum Gasteiger partial charge on any atom is -0.456 e. The molecule has 0 aliphatic carbocycles. The van der Waals surface area contributed by atoms with Crippen LogP contribution in [0.3, 0.4) is 0 Å².